The van der Waals surface area contributed by atoms with Gasteiger partial charge in [0.05, 0.1) is 19.9 Å². The molecule has 1 saturated carbocycles. The summed E-state index contributed by atoms with van der Waals surface area (Å²) in [5.74, 6) is 0. The Labute approximate surface area is 128 Å². The highest BCUT2D eigenvalue weighted by atomic mass is 79.9. The summed E-state index contributed by atoms with van der Waals surface area (Å²) in [6.45, 7) is 0. The van der Waals surface area contributed by atoms with Crippen LogP contribution in [0.1, 0.15) is 30.7 Å². The van der Waals surface area contributed by atoms with Crippen molar-refractivity contribution in [2.45, 2.75) is 25.7 Å². The number of aromatic nitrogens is 1. The summed E-state index contributed by atoms with van der Waals surface area (Å²) in [6.07, 6.45) is 4.53. The van der Waals surface area contributed by atoms with E-state index in [1.165, 1.54) is 18.4 Å². The molecular weight excluding hydrogens is 340 g/mol. The first-order valence-electron chi connectivity index (χ1n) is 6.11. The second-order valence-corrected chi connectivity index (χ2v) is 7.76. The summed E-state index contributed by atoms with van der Waals surface area (Å²) in [5, 5.41) is 12.3. The fraction of sp³-hybridized carbons (Fsp3) is 0.286. The van der Waals surface area contributed by atoms with Gasteiger partial charge in [0, 0.05) is 5.38 Å². The van der Waals surface area contributed by atoms with Crippen molar-refractivity contribution < 1.29 is 0 Å². The highest BCUT2D eigenvalue weighted by molar-refractivity contribution is 9.11. The molecule has 0 bridgehead atoms. The van der Waals surface area contributed by atoms with Crippen molar-refractivity contribution in [1.82, 2.24) is 4.98 Å². The van der Waals surface area contributed by atoms with E-state index in [1.807, 2.05) is 11.4 Å². The fourth-order valence-electron chi connectivity index (χ4n) is 2.28. The number of thiazole rings is 1. The van der Waals surface area contributed by atoms with Crippen LogP contribution in [0.2, 0.25) is 0 Å². The Bertz CT molecular complexity index is 668. The maximum Gasteiger partial charge on any atom is 0.134 e. The second kappa shape index (κ2) is 5.58. The van der Waals surface area contributed by atoms with Crippen LogP contribution in [0.4, 0.5) is 0 Å². The predicted molar refractivity (Wildman–Crippen MR) is 84.1 cm³/mol. The van der Waals surface area contributed by atoms with Crippen molar-refractivity contribution in [2.24, 2.45) is 0 Å². The summed E-state index contributed by atoms with van der Waals surface area (Å²) < 4.78 is 1.10. The zero-order valence-corrected chi connectivity index (χ0v) is 13.4. The van der Waals surface area contributed by atoms with E-state index in [0.717, 1.165) is 37.8 Å². The third-order valence-electron chi connectivity index (χ3n) is 3.22. The van der Waals surface area contributed by atoms with Crippen LogP contribution in [0.15, 0.2) is 26.9 Å². The lowest BCUT2D eigenvalue weighted by atomic mass is 10.1. The molecule has 19 heavy (non-hydrogen) atoms. The number of nitriles is 1. The van der Waals surface area contributed by atoms with Gasteiger partial charge in [-0.05, 0) is 59.3 Å². The van der Waals surface area contributed by atoms with E-state index in [2.05, 4.69) is 33.0 Å². The molecule has 96 valence electrons. The van der Waals surface area contributed by atoms with Gasteiger partial charge in [-0.2, -0.15) is 5.26 Å². The first-order valence-corrected chi connectivity index (χ1v) is 8.60. The number of hydrogen-bond donors (Lipinski definition) is 0. The van der Waals surface area contributed by atoms with E-state index in [-0.39, 0.29) is 0 Å². The Kier molecular flexibility index (Phi) is 3.83. The molecule has 0 spiro atoms. The topological polar surface area (TPSA) is 36.7 Å². The molecule has 0 N–H and O–H groups in total. The third kappa shape index (κ3) is 2.66. The second-order valence-electron chi connectivity index (χ2n) is 4.44. The highest BCUT2D eigenvalue weighted by Crippen LogP contribution is 2.36. The molecule has 1 aliphatic rings. The Balaban J connectivity index is 1.97. The monoisotopic (exact) mass is 350 g/mol. The molecule has 0 radical (unpaired) electrons. The lowest BCUT2D eigenvalue weighted by molar-refractivity contribution is 0.886. The number of thiophene rings is 1. The molecule has 0 aromatic carbocycles. The van der Waals surface area contributed by atoms with Crippen molar-refractivity contribution in [3.63, 3.8) is 0 Å². The molecule has 0 saturated heterocycles. The van der Waals surface area contributed by atoms with Crippen molar-refractivity contribution in [3.8, 4) is 16.6 Å². The highest BCUT2D eigenvalue weighted by Gasteiger charge is 2.17. The predicted octanol–water partition coefficient (Wildman–Crippen LogP) is 5.49. The van der Waals surface area contributed by atoms with E-state index >= 15 is 0 Å². The normalized spacial score (nSPS) is 14.6. The van der Waals surface area contributed by atoms with Gasteiger partial charge >= 0.3 is 0 Å². The molecule has 1 fully saturated rings. The Hall–Kier alpha value is -0.960. The summed E-state index contributed by atoms with van der Waals surface area (Å²) in [5.41, 5.74) is 3.07. The van der Waals surface area contributed by atoms with Crippen LogP contribution in [-0.2, 0) is 0 Å². The lowest BCUT2D eigenvalue weighted by Gasteiger charge is -1.98. The van der Waals surface area contributed by atoms with E-state index in [1.54, 1.807) is 22.7 Å². The number of hydrogen-bond acceptors (Lipinski definition) is 4. The third-order valence-corrected chi connectivity index (χ3v) is 5.72. The molecule has 0 aliphatic heterocycles. The van der Waals surface area contributed by atoms with Crippen LogP contribution >= 0.6 is 38.6 Å². The quantitative estimate of drug-likeness (QED) is 0.671. The zero-order valence-electron chi connectivity index (χ0n) is 10.1. The maximum absolute atomic E-state index is 9.38. The average Bonchev–Trinajstić information content (AvgIpc) is 3.10. The number of allylic oxidation sites excluding steroid dienone is 2. The van der Waals surface area contributed by atoms with Gasteiger partial charge in [-0.3, -0.25) is 0 Å². The molecule has 2 heterocycles. The van der Waals surface area contributed by atoms with Gasteiger partial charge in [-0.1, -0.05) is 0 Å². The smallest absolute Gasteiger partial charge is 0.134 e. The first-order chi connectivity index (χ1) is 9.28. The largest absolute Gasteiger partial charge is 0.234 e. The molecule has 2 nitrogen and oxygen atoms in total. The number of nitrogens with zero attached hydrogens (tertiary/aromatic N) is 2. The summed E-state index contributed by atoms with van der Waals surface area (Å²) >= 11 is 6.71. The fourth-order valence-corrected chi connectivity index (χ4v) is 4.57. The lowest BCUT2D eigenvalue weighted by Crippen LogP contribution is -1.86. The summed E-state index contributed by atoms with van der Waals surface area (Å²) in [6, 6.07) is 6.44. The van der Waals surface area contributed by atoms with Crippen molar-refractivity contribution in [2.75, 3.05) is 0 Å². The molecule has 2 aromatic heterocycles. The number of halogens is 1. The van der Waals surface area contributed by atoms with Gasteiger partial charge in [0.1, 0.15) is 11.1 Å². The minimum Gasteiger partial charge on any atom is -0.234 e. The van der Waals surface area contributed by atoms with Crippen molar-refractivity contribution in [3.05, 3.63) is 31.9 Å². The van der Waals surface area contributed by atoms with Crippen LogP contribution in [0.5, 0.6) is 0 Å². The number of rotatable bonds is 2. The van der Waals surface area contributed by atoms with Gasteiger partial charge in [0.15, 0.2) is 0 Å². The summed E-state index contributed by atoms with van der Waals surface area (Å²) in [4.78, 5) is 5.78. The van der Waals surface area contributed by atoms with Crippen LogP contribution in [0.25, 0.3) is 16.1 Å². The summed E-state index contributed by atoms with van der Waals surface area (Å²) in [7, 11) is 0. The first kappa shape index (κ1) is 13.0. The van der Waals surface area contributed by atoms with Crippen molar-refractivity contribution in [1.29, 1.82) is 5.26 Å². The molecule has 3 rings (SSSR count). The van der Waals surface area contributed by atoms with E-state index in [0.29, 0.717) is 0 Å². The molecular formula is C14H11BrN2S2. The molecule has 2 aromatic rings. The minimum atomic E-state index is 0.810. The Morgan fingerprint density at radius 2 is 2.11 bits per heavy atom. The molecule has 0 atom stereocenters. The van der Waals surface area contributed by atoms with Gasteiger partial charge < -0.3 is 0 Å². The van der Waals surface area contributed by atoms with Crippen LogP contribution in [0, 0.1) is 11.3 Å². The van der Waals surface area contributed by atoms with Gasteiger partial charge in [-0.25, -0.2) is 4.98 Å². The van der Waals surface area contributed by atoms with E-state index in [4.69, 9.17) is 0 Å². The SMILES string of the molecule is N#CC(=C1CCCC1)c1nc(-c2ccc(Br)s2)cs1. The van der Waals surface area contributed by atoms with E-state index in [9.17, 15) is 5.26 Å². The van der Waals surface area contributed by atoms with Crippen LogP contribution in [0.3, 0.4) is 0 Å². The van der Waals surface area contributed by atoms with Crippen LogP contribution in [-0.4, -0.2) is 4.98 Å². The van der Waals surface area contributed by atoms with Crippen molar-refractivity contribution >= 4 is 44.2 Å². The molecule has 5 heteroatoms. The maximum atomic E-state index is 9.38. The van der Waals surface area contributed by atoms with Gasteiger partial charge in [-0.15, -0.1) is 22.7 Å². The molecule has 1 aliphatic carbocycles. The molecule has 0 unspecified atom stereocenters. The van der Waals surface area contributed by atoms with Crippen LogP contribution < -0.4 is 0 Å². The standard InChI is InChI=1S/C14H11BrN2S2/c15-13-6-5-12(19-13)11-8-18-14(17-11)10(7-16)9-3-1-2-4-9/h5-6,8H,1-4H2. The average molecular weight is 351 g/mol. The van der Waals surface area contributed by atoms with Gasteiger partial charge in [0.25, 0.3) is 0 Å². The minimum absolute atomic E-state index is 0.810. The van der Waals surface area contributed by atoms with E-state index < -0.39 is 0 Å². The molecule has 0 amide bonds. The Morgan fingerprint density at radius 1 is 1.32 bits per heavy atom. The Morgan fingerprint density at radius 3 is 2.74 bits per heavy atom. The zero-order chi connectivity index (χ0) is 13.2. The van der Waals surface area contributed by atoms with Gasteiger partial charge in [0.2, 0.25) is 0 Å².